The molecule has 0 rings (SSSR count). The summed E-state index contributed by atoms with van der Waals surface area (Å²) < 4.78 is 0. The second-order valence-corrected chi connectivity index (χ2v) is 2.62. The summed E-state index contributed by atoms with van der Waals surface area (Å²) in [5.74, 6) is 0. The summed E-state index contributed by atoms with van der Waals surface area (Å²) >= 11 is 0. The van der Waals surface area contributed by atoms with Crippen LogP contribution in [0.1, 0.15) is 20.8 Å². The van der Waals surface area contributed by atoms with Crippen LogP contribution in [0.2, 0.25) is 0 Å². The van der Waals surface area contributed by atoms with Crippen molar-refractivity contribution in [1.82, 2.24) is 10.2 Å². The SMILES string of the molecule is CCN(C)C(=O)NC(C)C. The molecule has 0 heterocycles. The van der Waals surface area contributed by atoms with Gasteiger partial charge < -0.3 is 10.2 Å². The molecule has 0 unspecified atom stereocenters. The molecule has 0 aromatic heterocycles. The molecule has 0 aromatic carbocycles. The molecule has 3 nitrogen and oxygen atoms in total. The smallest absolute Gasteiger partial charge is 0.317 e. The van der Waals surface area contributed by atoms with Crippen LogP contribution in [-0.4, -0.2) is 30.6 Å². The third-order valence-corrected chi connectivity index (χ3v) is 1.23. The van der Waals surface area contributed by atoms with Gasteiger partial charge >= 0.3 is 6.03 Å². The van der Waals surface area contributed by atoms with Gasteiger partial charge in [0, 0.05) is 19.6 Å². The van der Waals surface area contributed by atoms with E-state index < -0.39 is 0 Å². The Hall–Kier alpha value is -0.730. The molecule has 10 heavy (non-hydrogen) atoms. The lowest BCUT2D eigenvalue weighted by Crippen LogP contribution is -2.40. The highest BCUT2D eigenvalue weighted by Gasteiger charge is 2.05. The molecule has 1 N–H and O–H groups in total. The highest BCUT2D eigenvalue weighted by Crippen LogP contribution is 1.84. The van der Waals surface area contributed by atoms with E-state index in [1.807, 2.05) is 20.8 Å². The summed E-state index contributed by atoms with van der Waals surface area (Å²) in [7, 11) is 1.78. The monoisotopic (exact) mass is 144 g/mol. The number of nitrogens with one attached hydrogen (secondary N) is 1. The van der Waals surface area contributed by atoms with Crippen LogP contribution < -0.4 is 5.32 Å². The Morgan fingerprint density at radius 1 is 1.60 bits per heavy atom. The van der Waals surface area contributed by atoms with E-state index in [4.69, 9.17) is 0 Å². The minimum absolute atomic E-state index is 0.00231. The lowest BCUT2D eigenvalue weighted by molar-refractivity contribution is 0.208. The normalized spacial score (nSPS) is 9.70. The first-order valence-electron chi connectivity index (χ1n) is 3.59. The van der Waals surface area contributed by atoms with Crippen molar-refractivity contribution in [2.45, 2.75) is 26.8 Å². The number of amides is 2. The number of hydrogen-bond acceptors (Lipinski definition) is 1. The van der Waals surface area contributed by atoms with Gasteiger partial charge in [0.25, 0.3) is 0 Å². The lowest BCUT2D eigenvalue weighted by atomic mass is 10.4. The second-order valence-electron chi connectivity index (χ2n) is 2.62. The number of carbonyl (C=O) groups excluding carboxylic acids is 1. The fraction of sp³-hybridized carbons (Fsp3) is 0.857. The zero-order chi connectivity index (χ0) is 8.15. The van der Waals surface area contributed by atoms with Crippen molar-refractivity contribution in [3.8, 4) is 0 Å². The Morgan fingerprint density at radius 3 is 2.40 bits per heavy atom. The summed E-state index contributed by atoms with van der Waals surface area (Å²) in [5, 5.41) is 2.78. The summed E-state index contributed by atoms with van der Waals surface area (Å²) in [4.78, 5) is 12.6. The maximum atomic E-state index is 11.0. The van der Waals surface area contributed by atoms with Gasteiger partial charge in [0.1, 0.15) is 0 Å². The first-order chi connectivity index (χ1) is 4.57. The van der Waals surface area contributed by atoms with Gasteiger partial charge in [-0.05, 0) is 20.8 Å². The van der Waals surface area contributed by atoms with Gasteiger partial charge in [-0.2, -0.15) is 0 Å². The minimum Gasteiger partial charge on any atom is -0.336 e. The molecule has 0 aliphatic heterocycles. The van der Waals surface area contributed by atoms with Crippen LogP contribution in [-0.2, 0) is 0 Å². The van der Waals surface area contributed by atoms with Crippen LogP contribution in [0, 0.1) is 0 Å². The van der Waals surface area contributed by atoms with Gasteiger partial charge in [-0.25, -0.2) is 4.79 Å². The molecule has 0 saturated heterocycles. The Bertz CT molecular complexity index is 112. The van der Waals surface area contributed by atoms with Gasteiger partial charge in [-0.1, -0.05) is 0 Å². The van der Waals surface area contributed by atoms with Crippen LogP contribution in [0.15, 0.2) is 0 Å². The van der Waals surface area contributed by atoms with Gasteiger partial charge in [-0.3, -0.25) is 0 Å². The maximum Gasteiger partial charge on any atom is 0.317 e. The van der Waals surface area contributed by atoms with E-state index in [0.29, 0.717) is 0 Å². The summed E-state index contributed by atoms with van der Waals surface area (Å²) in [6.07, 6.45) is 0. The molecule has 3 heteroatoms. The predicted molar refractivity (Wildman–Crippen MR) is 42.0 cm³/mol. The molecule has 0 aliphatic carbocycles. The van der Waals surface area contributed by atoms with Gasteiger partial charge in [0.05, 0.1) is 0 Å². The van der Waals surface area contributed by atoms with E-state index in [-0.39, 0.29) is 12.1 Å². The zero-order valence-corrected chi connectivity index (χ0v) is 7.14. The number of nitrogens with zero attached hydrogens (tertiary/aromatic N) is 1. The largest absolute Gasteiger partial charge is 0.336 e. The Balaban J connectivity index is 3.62. The first kappa shape index (κ1) is 9.27. The summed E-state index contributed by atoms with van der Waals surface area (Å²) in [6.45, 7) is 6.58. The zero-order valence-electron chi connectivity index (χ0n) is 7.14. The van der Waals surface area contributed by atoms with E-state index in [0.717, 1.165) is 6.54 Å². The molecule has 0 aliphatic rings. The van der Waals surface area contributed by atoms with Crippen molar-refractivity contribution in [1.29, 1.82) is 0 Å². The van der Waals surface area contributed by atoms with Crippen molar-refractivity contribution >= 4 is 6.03 Å². The molecule has 0 spiro atoms. The third-order valence-electron chi connectivity index (χ3n) is 1.23. The number of urea groups is 1. The number of rotatable bonds is 2. The molecule has 0 saturated carbocycles. The van der Waals surface area contributed by atoms with E-state index in [1.165, 1.54) is 0 Å². The quantitative estimate of drug-likeness (QED) is 0.617. The maximum absolute atomic E-state index is 11.0. The lowest BCUT2D eigenvalue weighted by Gasteiger charge is -2.17. The van der Waals surface area contributed by atoms with E-state index in [2.05, 4.69) is 5.32 Å². The molecule has 0 fully saturated rings. The van der Waals surface area contributed by atoms with Crippen LogP contribution in [0.4, 0.5) is 4.79 Å². The fourth-order valence-corrected chi connectivity index (χ4v) is 0.501. The number of carbonyl (C=O) groups is 1. The third kappa shape index (κ3) is 3.33. The molecule has 0 radical (unpaired) electrons. The molecule has 60 valence electrons. The summed E-state index contributed by atoms with van der Waals surface area (Å²) in [6, 6.07) is 0.221. The number of hydrogen-bond donors (Lipinski definition) is 1. The molecule has 0 aromatic rings. The molecular formula is C7H16N2O. The van der Waals surface area contributed by atoms with Gasteiger partial charge in [0.15, 0.2) is 0 Å². The van der Waals surface area contributed by atoms with Crippen LogP contribution in [0.25, 0.3) is 0 Å². The average Bonchev–Trinajstić information content (AvgIpc) is 1.85. The fourth-order valence-electron chi connectivity index (χ4n) is 0.501. The van der Waals surface area contributed by atoms with E-state index in [9.17, 15) is 4.79 Å². The van der Waals surface area contributed by atoms with E-state index >= 15 is 0 Å². The van der Waals surface area contributed by atoms with Crippen LogP contribution in [0.3, 0.4) is 0 Å². The topological polar surface area (TPSA) is 32.3 Å². The molecule has 0 atom stereocenters. The van der Waals surface area contributed by atoms with Crippen LogP contribution >= 0.6 is 0 Å². The van der Waals surface area contributed by atoms with Crippen molar-refractivity contribution in [3.63, 3.8) is 0 Å². The predicted octanol–water partition coefficient (Wildman–Crippen LogP) is 1.06. The highest BCUT2D eigenvalue weighted by atomic mass is 16.2. The molecule has 0 bridgehead atoms. The van der Waals surface area contributed by atoms with Gasteiger partial charge in [0.2, 0.25) is 0 Å². The highest BCUT2D eigenvalue weighted by molar-refractivity contribution is 5.73. The Labute approximate surface area is 62.4 Å². The first-order valence-corrected chi connectivity index (χ1v) is 3.59. The average molecular weight is 144 g/mol. The van der Waals surface area contributed by atoms with Crippen molar-refractivity contribution < 1.29 is 4.79 Å². The van der Waals surface area contributed by atoms with Crippen molar-refractivity contribution in [3.05, 3.63) is 0 Å². The van der Waals surface area contributed by atoms with Gasteiger partial charge in [-0.15, -0.1) is 0 Å². The van der Waals surface area contributed by atoms with E-state index in [1.54, 1.807) is 11.9 Å². The molecular weight excluding hydrogens is 128 g/mol. The Kier molecular flexibility index (Phi) is 3.84. The molecule has 2 amide bonds. The van der Waals surface area contributed by atoms with Crippen molar-refractivity contribution in [2.24, 2.45) is 0 Å². The second kappa shape index (κ2) is 4.14. The van der Waals surface area contributed by atoms with Crippen molar-refractivity contribution in [2.75, 3.05) is 13.6 Å². The van der Waals surface area contributed by atoms with Crippen LogP contribution in [0.5, 0.6) is 0 Å². The standard InChI is InChI=1S/C7H16N2O/c1-5-9(4)7(10)8-6(2)3/h6H,5H2,1-4H3,(H,8,10). The summed E-state index contributed by atoms with van der Waals surface area (Å²) in [5.41, 5.74) is 0. The minimum atomic E-state index is -0.00231. The Morgan fingerprint density at radius 2 is 2.10 bits per heavy atom.